The lowest BCUT2D eigenvalue weighted by molar-refractivity contribution is -0.461. The van der Waals surface area contributed by atoms with Crippen molar-refractivity contribution in [1.29, 1.82) is 0 Å². The number of halogens is 4. The van der Waals surface area contributed by atoms with Crippen molar-refractivity contribution in [3.8, 4) is 0 Å². The highest BCUT2D eigenvalue weighted by Crippen LogP contribution is 2.06. The lowest BCUT2D eigenvalue weighted by atomic mass is 10.2. The Morgan fingerprint density at radius 3 is 1.33 bits per heavy atom. The Hall–Kier alpha value is -0.545. The topological polar surface area (TPSA) is 3.01 Å². The predicted octanol–water partition coefficient (Wildman–Crippen LogP) is 2.29. The summed E-state index contributed by atoms with van der Waals surface area (Å²) in [6.07, 6.45) is 2.17. The highest BCUT2D eigenvalue weighted by molar-refractivity contribution is 6.50. The smallest absolute Gasteiger partial charge is 0.418 e. The van der Waals surface area contributed by atoms with Crippen molar-refractivity contribution in [2.24, 2.45) is 5.92 Å². The van der Waals surface area contributed by atoms with Gasteiger partial charge in [-0.05, 0) is 0 Å². The van der Waals surface area contributed by atoms with Gasteiger partial charge in [0.15, 0.2) is 0 Å². The van der Waals surface area contributed by atoms with Crippen LogP contribution >= 0.6 is 0 Å². The van der Waals surface area contributed by atoms with Crippen molar-refractivity contribution in [3.63, 3.8) is 0 Å². The van der Waals surface area contributed by atoms with Gasteiger partial charge in [0.1, 0.15) is 20.3 Å². The van der Waals surface area contributed by atoms with Gasteiger partial charge in [-0.15, -0.1) is 0 Å². The van der Waals surface area contributed by atoms with Crippen molar-refractivity contribution in [3.05, 3.63) is 0 Å². The Labute approximate surface area is 70.2 Å². The normalized spacial score (nSPS) is 10.4. The van der Waals surface area contributed by atoms with Gasteiger partial charge in [-0.2, -0.15) is 0 Å². The largest absolute Gasteiger partial charge is 0.673 e. The number of nitrogens with zero attached hydrogens (tertiary/aromatic N) is 1. The van der Waals surface area contributed by atoms with Gasteiger partial charge in [0.25, 0.3) is 0 Å². The summed E-state index contributed by atoms with van der Waals surface area (Å²) in [6.45, 7) is 4.33. The zero-order valence-corrected chi connectivity index (χ0v) is 7.69. The second-order valence-corrected chi connectivity index (χ2v) is 2.85. The summed E-state index contributed by atoms with van der Waals surface area (Å²) in [5.41, 5.74) is 0. The zero-order valence-electron chi connectivity index (χ0n) is 7.69. The Balaban J connectivity index is 0. The van der Waals surface area contributed by atoms with Crippen LogP contribution in [0.4, 0.5) is 17.3 Å². The maximum Gasteiger partial charge on any atom is 0.673 e. The van der Waals surface area contributed by atoms with Crippen LogP contribution in [-0.4, -0.2) is 32.1 Å². The molecule has 0 aliphatic heterocycles. The first-order valence-electron chi connectivity index (χ1n) is 3.51. The van der Waals surface area contributed by atoms with Gasteiger partial charge < -0.3 is 17.3 Å². The van der Waals surface area contributed by atoms with Crippen molar-refractivity contribution in [1.82, 2.24) is 0 Å². The molecular formula is C6H14BF4N. The number of hydrogen-bond donors (Lipinski definition) is 0. The second-order valence-electron chi connectivity index (χ2n) is 2.85. The molecule has 0 amide bonds. The summed E-state index contributed by atoms with van der Waals surface area (Å²) >= 11 is 0. The first kappa shape index (κ1) is 14.0. The van der Waals surface area contributed by atoms with Crippen LogP contribution in [0.1, 0.15) is 13.8 Å². The minimum absolute atomic E-state index is 0.676. The molecule has 12 heavy (non-hydrogen) atoms. The minimum Gasteiger partial charge on any atom is -0.418 e. The molecule has 6 heteroatoms. The molecule has 74 valence electrons. The molecule has 0 aliphatic rings. The fraction of sp³-hybridized carbons (Fsp3) is 0.833. The van der Waals surface area contributed by atoms with Crippen LogP contribution in [0.15, 0.2) is 0 Å². The summed E-state index contributed by atoms with van der Waals surface area (Å²) in [6, 6.07) is 0. The molecule has 0 rings (SSSR count). The van der Waals surface area contributed by atoms with E-state index in [-0.39, 0.29) is 0 Å². The SMILES string of the molecule is CC(C)C=[N+](C)C.F[B-](F)(F)F. The second kappa shape index (κ2) is 6.02. The van der Waals surface area contributed by atoms with Gasteiger partial charge in [0.05, 0.1) is 0 Å². The third-order valence-corrected chi connectivity index (χ3v) is 0.596. The molecule has 0 aromatic heterocycles. The molecule has 0 heterocycles. The lowest BCUT2D eigenvalue weighted by Crippen LogP contribution is -2.03. The average Bonchev–Trinajstić information content (AvgIpc) is 1.52. The van der Waals surface area contributed by atoms with E-state index in [0.29, 0.717) is 5.92 Å². The molecule has 0 aliphatic carbocycles. The molecule has 0 saturated carbocycles. The van der Waals surface area contributed by atoms with Gasteiger partial charge in [0, 0.05) is 5.92 Å². The summed E-state index contributed by atoms with van der Waals surface area (Å²) < 4.78 is 41.1. The molecule has 0 atom stereocenters. The van der Waals surface area contributed by atoms with Crippen LogP contribution < -0.4 is 0 Å². The van der Waals surface area contributed by atoms with Crippen LogP contribution in [0, 0.1) is 5.92 Å². The third-order valence-electron chi connectivity index (χ3n) is 0.596. The molecule has 0 spiro atoms. The van der Waals surface area contributed by atoms with Crippen molar-refractivity contribution in [2.75, 3.05) is 14.1 Å². The number of rotatable bonds is 1. The van der Waals surface area contributed by atoms with Crippen LogP contribution in [0.2, 0.25) is 0 Å². The van der Waals surface area contributed by atoms with Gasteiger partial charge in [-0.1, -0.05) is 13.8 Å². The molecule has 0 unspecified atom stereocenters. The highest BCUT2D eigenvalue weighted by atomic mass is 19.5. The van der Waals surface area contributed by atoms with E-state index in [4.69, 9.17) is 0 Å². The molecule has 0 N–H and O–H groups in total. The van der Waals surface area contributed by atoms with E-state index in [1.54, 1.807) is 0 Å². The highest BCUT2D eigenvalue weighted by Gasteiger charge is 2.20. The van der Waals surface area contributed by atoms with Crippen molar-refractivity contribution < 1.29 is 21.8 Å². The molecule has 0 fully saturated rings. The molecule has 0 aromatic rings. The van der Waals surface area contributed by atoms with E-state index in [2.05, 4.69) is 24.6 Å². The van der Waals surface area contributed by atoms with E-state index in [1.165, 1.54) is 0 Å². The van der Waals surface area contributed by atoms with E-state index >= 15 is 0 Å². The molecule has 1 nitrogen and oxygen atoms in total. The van der Waals surface area contributed by atoms with Crippen molar-refractivity contribution in [2.45, 2.75) is 13.8 Å². The molecular weight excluding hydrogens is 173 g/mol. The Morgan fingerprint density at radius 1 is 1.08 bits per heavy atom. The minimum atomic E-state index is -6.00. The van der Waals surface area contributed by atoms with Crippen LogP contribution in [0.3, 0.4) is 0 Å². The standard InChI is InChI=1S/C6H14N.BF4/c1-6(2)5-7(3)4;2-1(3,4)5/h5-6H,1-4H3;/q+1;-1. The Kier molecular flexibility index (Phi) is 7.03. The van der Waals surface area contributed by atoms with E-state index in [9.17, 15) is 17.3 Å². The maximum absolute atomic E-state index is 9.75. The van der Waals surface area contributed by atoms with Crippen LogP contribution in [0.25, 0.3) is 0 Å². The van der Waals surface area contributed by atoms with Gasteiger partial charge >= 0.3 is 7.25 Å². The monoisotopic (exact) mass is 187 g/mol. The summed E-state index contributed by atoms with van der Waals surface area (Å²) in [4.78, 5) is 0. The lowest BCUT2D eigenvalue weighted by Gasteiger charge is -1.94. The molecule has 0 aromatic carbocycles. The summed E-state index contributed by atoms with van der Waals surface area (Å²) in [7, 11) is -1.92. The van der Waals surface area contributed by atoms with Gasteiger partial charge in [-0.3, -0.25) is 0 Å². The Morgan fingerprint density at radius 2 is 1.33 bits per heavy atom. The predicted molar refractivity (Wildman–Crippen MR) is 43.2 cm³/mol. The first-order chi connectivity index (χ1) is 5.13. The zero-order chi connectivity index (χ0) is 10.4. The summed E-state index contributed by atoms with van der Waals surface area (Å²) in [5.74, 6) is 0.676. The third kappa shape index (κ3) is 56.6. The summed E-state index contributed by atoms with van der Waals surface area (Å²) in [5, 5.41) is 0. The van der Waals surface area contributed by atoms with Gasteiger partial charge in [-0.25, -0.2) is 4.58 Å². The fourth-order valence-corrected chi connectivity index (χ4v) is 0.596. The van der Waals surface area contributed by atoms with E-state index in [0.717, 1.165) is 0 Å². The van der Waals surface area contributed by atoms with Crippen molar-refractivity contribution >= 4 is 13.5 Å². The van der Waals surface area contributed by atoms with Crippen LogP contribution in [0.5, 0.6) is 0 Å². The number of hydrogen-bond acceptors (Lipinski definition) is 0. The van der Waals surface area contributed by atoms with E-state index < -0.39 is 7.25 Å². The van der Waals surface area contributed by atoms with Crippen LogP contribution in [-0.2, 0) is 0 Å². The van der Waals surface area contributed by atoms with Gasteiger partial charge in [0.2, 0.25) is 0 Å². The quantitative estimate of drug-likeness (QED) is 0.256. The maximum atomic E-state index is 9.75. The molecule has 0 bridgehead atoms. The molecule has 0 saturated heterocycles. The fourth-order valence-electron chi connectivity index (χ4n) is 0.596. The van der Waals surface area contributed by atoms with E-state index in [1.807, 2.05) is 14.1 Å². The average molecular weight is 187 g/mol. The molecule has 0 radical (unpaired) electrons. The first-order valence-corrected chi connectivity index (χ1v) is 3.51. The Bertz CT molecular complexity index is 131.